The molecule has 5 nitrogen and oxygen atoms in total. The Morgan fingerprint density at radius 3 is 2.60 bits per heavy atom. The van der Waals surface area contributed by atoms with Gasteiger partial charge < -0.3 is 4.90 Å². The molecule has 1 fully saturated rings. The highest BCUT2D eigenvalue weighted by Gasteiger charge is 2.29. The van der Waals surface area contributed by atoms with Crippen molar-refractivity contribution in [3.8, 4) is 0 Å². The SMILES string of the molecule is CCN(C1CCN(c2ccc3cc(Br)cc(Cl)c3n2)CC1)S(C)(=O)=O. The number of aromatic nitrogens is 1. The van der Waals surface area contributed by atoms with E-state index >= 15 is 0 Å². The Labute approximate surface area is 162 Å². The molecule has 1 aliphatic heterocycles. The van der Waals surface area contributed by atoms with Gasteiger partial charge in [-0.15, -0.1) is 0 Å². The third-order valence-corrected chi connectivity index (χ3v) is 6.78. The van der Waals surface area contributed by atoms with Gasteiger partial charge >= 0.3 is 0 Å². The highest BCUT2D eigenvalue weighted by atomic mass is 79.9. The van der Waals surface area contributed by atoms with Crippen molar-refractivity contribution in [1.82, 2.24) is 9.29 Å². The average molecular weight is 447 g/mol. The number of piperidine rings is 1. The maximum atomic E-state index is 11.9. The van der Waals surface area contributed by atoms with Gasteiger partial charge in [0.2, 0.25) is 10.0 Å². The van der Waals surface area contributed by atoms with Gasteiger partial charge in [0.1, 0.15) is 5.82 Å². The fourth-order valence-corrected chi connectivity index (χ4v) is 5.57. The van der Waals surface area contributed by atoms with Crippen molar-refractivity contribution in [3.05, 3.63) is 33.8 Å². The van der Waals surface area contributed by atoms with Crippen LogP contribution in [0.15, 0.2) is 28.7 Å². The van der Waals surface area contributed by atoms with Crippen LogP contribution in [-0.4, -0.2) is 49.6 Å². The number of rotatable bonds is 4. The van der Waals surface area contributed by atoms with E-state index in [1.54, 1.807) is 4.31 Å². The van der Waals surface area contributed by atoms with Gasteiger partial charge in [-0.25, -0.2) is 13.4 Å². The second-order valence-electron chi connectivity index (χ2n) is 6.31. The molecule has 2 aromatic rings. The van der Waals surface area contributed by atoms with Crippen LogP contribution in [0.25, 0.3) is 10.9 Å². The maximum Gasteiger partial charge on any atom is 0.211 e. The van der Waals surface area contributed by atoms with Crippen LogP contribution in [-0.2, 0) is 10.0 Å². The minimum atomic E-state index is -3.16. The van der Waals surface area contributed by atoms with Gasteiger partial charge in [0.05, 0.1) is 16.8 Å². The lowest BCUT2D eigenvalue weighted by Crippen LogP contribution is -2.47. The zero-order valence-corrected chi connectivity index (χ0v) is 17.4. The third kappa shape index (κ3) is 4.10. The number of fused-ring (bicyclic) bond motifs is 1. The van der Waals surface area contributed by atoms with E-state index in [0.717, 1.165) is 47.1 Å². The van der Waals surface area contributed by atoms with E-state index in [-0.39, 0.29) is 6.04 Å². The van der Waals surface area contributed by atoms with Crippen LogP contribution < -0.4 is 4.90 Å². The molecule has 0 bridgehead atoms. The number of halogens is 2. The Kier molecular flexibility index (Phi) is 5.58. The standard InChI is InChI=1S/C17H21BrClN3O2S/c1-3-22(25(2,23)24)14-6-8-21(9-7-14)16-5-4-12-10-13(18)11-15(19)17(12)20-16/h4-5,10-11,14H,3,6-9H2,1-2H3. The molecule has 0 N–H and O–H groups in total. The molecule has 0 spiro atoms. The largest absolute Gasteiger partial charge is 0.356 e. The number of benzene rings is 1. The van der Waals surface area contributed by atoms with Gasteiger partial charge in [0.25, 0.3) is 0 Å². The lowest BCUT2D eigenvalue weighted by Gasteiger charge is -2.37. The molecule has 3 rings (SSSR count). The van der Waals surface area contributed by atoms with Gasteiger partial charge in [-0.05, 0) is 37.1 Å². The molecule has 0 aliphatic carbocycles. The van der Waals surface area contributed by atoms with Crippen molar-refractivity contribution in [2.75, 3.05) is 30.8 Å². The molecule has 2 heterocycles. The van der Waals surface area contributed by atoms with Crippen molar-refractivity contribution in [2.24, 2.45) is 0 Å². The summed E-state index contributed by atoms with van der Waals surface area (Å²) in [5.41, 5.74) is 0.788. The summed E-state index contributed by atoms with van der Waals surface area (Å²) in [7, 11) is -3.16. The zero-order chi connectivity index (χ0) is 18.2. The second-order valence-corrected chi connectivity index (χ2v) is 9.57. The first-order valence-corrected chi connectivity index (χ1v) is 11.3. The van der Waals surface area contributed by atoms with Crippen LogP contribution in [0.2, 0.25) is 5.02 Å². The number of pyridine rings is 1. The summed E-state index contributed by atoms with van der Waals surface area (Å²) >= 11 is 9.77. The van der Waals surface area contributed by atoms with E-state index in [9.17, 15) is 8.42 Å². The van der Waals surface area contributed by atoms with Crippen LogP contribution in [0.3, 0.4) is 0 Å². The minimum Gasteiger partial charge on any atom is -0.356 e. The van der Waals surface area contributed by atoms with Gasteiger partial charge in [-0.3, -0.25) is 0 Å². The summed E-state index contributed by atoms with van der Waals surface area (Å²) < 4.78 is 26.3. The molecular formula is C17H21BrClN3O2S. The molecule has 1 aromatic heterocycles. The van der Waals surface area contributed by atoms with E-state index in [1.807, 2.05) is 31.2 Å². The zero-order valence-electron chi connectivity index (χ0n) is 14.2. The minimum absolute atomic E-state index is 0.0660. The first kappa shape index (κ1) is 18.9. The number of anilines is 1. The summed E-state index contributed by atoms with van der Waals surface area (Å²) in [5.74, 6) is 0.887. The maximum absolute atomic E-state index is 11.9. The van der Waals surface area contributed by atoms with Crippen LogP contribution in [0.5, 0.6) is 0 Å². The molecule has 8 heteroatoms. The van der Waals surface area contributed by atoms with E-state index in [2.05, 4.69) is 20.8 Å². The number of hydrogen-bond acceptors (Lipinski definition) is 4. The molecule has 0 unspecified atom stereocenters. The molecule has 0 radical (unpaired) electrons. The summed E-state index contributed by atoms with van der Waals surface area (Å²) in [5, 5.41) is 1.61. The van der Waals surface area contributed by atoms with Gasteiger partial charge in [-0.2, -0.15) is 4.31 Å². The topological polar surface area (TPSA) is 53.5 Å². The molecule has 0 atom stereocenters. The Balaban J connectivity index is 1.78. The van der Waals surface area contributed by atoms with E-state index in [4.69, 9.17) is 16.6 Å². The first-order chi connectivity index (χ1) is 11.8. The van der Waals surface area contributed by atoms with Crippen molar-refractivity contribution >= 4 is 54.3 Å². The van der Waals surface area contributed by atoms with Crippen LogP contribution in [0.4, 0.5) is 5.82 Å². The van der Waals surface area contributed by atoms with Crippen LogP contribution >= 0.6 is 27.5 Å². The first-order valence-electron chi connectivity index (χ1n) is 8.27. The Morgan fingerprint density at radius 2 is 2.00 bits per heavy atom. The van der Waals surface area contributed by atoms with Gasteiger partial charge in [0, 0.05) is 35.5 Å². The fourth-order valence-electron chi connectivity index (χ4n) is 3.47. The number of nitrogens with zero attached hydrogens (tertiary/aromatic N) is 3. The Morgan fingerprint density at radius 1 is 1.32 bits per heavy atom. The monoisotopic (exact) mass is 445 g/mol. The molecule has 25 heavy (non-hydrogen) atoms. The molecule has 1 aliphatic rings. The summed E-state index contributed by atoms with van der Waals surface area (Å²) in [6.07, 6.45) is 2.89. The van der Waals surface area contributed by atoms with E-state index < -0.39 is 10.0 Å². The Hall–Kier alpha value is -0.890. The van der Waals surface area contributed by atoms with E-state index in [1.165, 1.54) is 6.26 Å². The number of hydrogen-bond donors (Lipinski definition) is 0. The van der Waals surface area contributed by atoms with Gasteiger partial charge in [-0.1, -0.05) is 34.5 Å². The molecule has 0 amide bonds. The lowest BCUT2D eigenvalue weighted by molar-refractivity contribution is 0.285. The molecule has 1 saturated heterocycles. The molecular weight excluding hydrogens is 426 g/mol. The van der Waals surface area contributed by atoms with Crippen molar-refractivity contribution in [1.29, 1.82) is 0 Å². The van der Waals surface area contributed by atoms with Crippen LogP contribution in [0, 0.1) is 0 Å². The van der Waals surface area contributed by atoms with E-state index in [0.29, 0.717) is 11.6 Å². The van der Waals surface area contributed by atoms with Crippen molar-refractivity contribution in [3.63, 3.8) is 0 Å². The molecule has 1 aromatic carbocycles. The van der Waals surface area contributed by atoms with Crippen molar-refractivity contribution in [2.45, 2.75) is 25.8 Å². The summed E-state index contributed by atoms with van der Waals surface area (Å²) in [4.78, 5) is 6.92. The third-order valence-electron chi connectivity index (χ3n) is 4.63. The smallest absolute Gasteiger partial charge is 0.211 e. The second kappa shape index (κ2) is 7.39. The molecule has 136 valence electrons. The predicted octanol–water partition coefficient (Wildman–Crippen LogP) is 3.90. The predicted molar refractivity (Wildman–Crippen MR) is 107 cm³/mol. The van der Waals surface area contributed by atoms with Crippen molar-refractivity contribution < 1.29 is 8.42 Å². The summed E-state index contributed by atoms with van der Waals surface area (Å²) in [6, 6.07) is 7.93. The quantitative estimate of drug-likeness (QED) is 0.715. The highest BCUT2D eigenvalue weighted by Crippen LogP contribution is 2.30. The van der Waals surface area contributed by atoms with Gasteiger partial charge in [0.15, 0.2) is 0 Å². The fraction of sp³-hybridized carbons (Fsp3) is 0.471. The average Bonchev–Trinajstić information content (AvgIpc) is 2.54. The highest BCUT2D eigenvalue weighted by molar-refractivity contribution is 9.10. The lowest BCUT2D eigenvalue weighted by atomic mass is 10.0. The Bertz CT molecular complexity index is 883. The summed E-state index contributed by atoms with van der Waals surface area (Å²) in [6.45, 7) is 3.97. The molecule has 0 saturated carbocycles. The normalized spacial score (nSPS) is 16.8. The van der Waals surface area contributed by atoms with Crippen LogP contribution in [0.1, 0.15) is 19.8 Å². The number of sulfonamides is 1.